The minimum absolute atomic E-state index is 0.0386. The standard InChI is InChI=1S/C28H24F2N4O5/c1-13-23(14(2)33(3)32-13)17-7-16-8-21(39-20(16)9-18(17)29)28(10-22(35)31-27(28)37)12-34-11-15-5-6-19(38-4)25(30)24(15)26(34)36/h5-9H,10-12H2,1-4H3,(H,31,35,37)/t28-/m1/s1. The molecular formula is C28H24F2N4O5. The molecule has 2 aromatic carbocycles. The number of imide groups is 1. The molecule has 4 aromatic rings. The van der Waals surface area contributed by atoms with Crippen LogP contribution >= 0.6 is 0 Å². The van der Waals surface area contributed by atoms with Gasteiger partial charge in [0.15, 0.2) is 11.6 Å². The molecular weight excluding hydrogens is 510 g/mol. The molecule has 2 aliphatic heterocycles. The van der Waals surface area contributed by atoms with Gasteiger partial charge in [-0.2, -0.15) is 5.10 Å². The Hall–Kier alpha value is -4.54. The first-order valence-electron chi connectivity index (χ1n) is 12.3. The predicted molar refractivity (Wildman–Crippen MR) is 135 cm³/mol. The van der Waals surface area contributed by atoms with E-state index < -0.39 is 34.8 Å². The van der Waals surface area contributed by atoms with E-state index in [2.05, 4.69) is 10.4 Å². The third kappa shape index (κ3) is 3.56. The number of nitrogens with zero attached hydrogens (tertiary/aromatic N) is 3. The van der Waals surface area contributed by atoms with Gasteiger partial charge < -0.3 is 14.1 Å². The van der Waals surface area contributed by atoms with E-state index >= 15 is 4.39 Å². The van der Waals surface area contributed by atoms with Gasteiger partial charge in [-0.3, -0.25) is 24.4 Å². The summed E-state index contributed by atoms with van der Waals surface area (Å²) < 4.78 is 42.9. The van der Waals surface area contributed by atoms with Crippen LogP contribution in [0, 0.1) is 25.5 Å². The molecule has 2 aliphatic rings. The molecule has 0 spiro atoms. The number of hydrogen-bond acceptors (Lipinski definition) is 6. The van der Waals surface area contributed by atoms with E-state index in [-0.39, 0.29) is 42.2 Å². The lowest BCUT2D eigenvalue weighted by molar-refractivity contribution is -0.127. The molecule has 0 radical (unpaired) electrons. The van der Waals surface area contributed by atoms with Crippen molar-refractivity contribution in [2.75, 3.05) is 13.7 Å². The average molecular weight is 535 g/mol. The topological polar surface area (TPSA) is 107 Å². The zero-order valence-electron chi connectivity index (χ0n) is 21.6. The van der Waals surface area contributed by atoms with Crippen LogP contribution in [0.5, 0.6) is 5.75 Å². The quantitative estimate of drug-likeness (QED) is 0.392. The number of carbonyl (C=O) groups excluding carboxylic acids is 3. The number of rotatable bonds is 5. The van der Waals surface area contributed by atoms with E-state index in [9.17, 15) is 18.8 Å². The number of benzene rings is 2. The third-order valence-corrected chi connectivity index (χ3v) is 7.74. The molecule has 1 fully saturated rings. The number of nitrogens with one attached hydrogen (secondary N) is 1. The summed E-state index contributed by atoms with van der Waals surface area (Å²) in [6, 6.07) is 7.48. The minimum atomic E-state index is -1.58. The largest absolute Gasteiger partial charge is 0.494 e. The van der Waals surface area contributed by atoms with E-state index in [1.807, 2.05) is 6.92 Å². The Balaban J connectivity index is 1.43. The Labute approximate surface area is 221 Å². The summed E-state index contributed by atoms with van der Waals surface area (Å²) in [5.74, 6) is -3.08. The van der Waals surface area contributed by atoms with E-state index in [0.717, 1.165) is 5.69 Å². The molecule has 0 bridgehead atoms. The van der Waals surface area contributed by atoms with Crippen molar-refractivity contribution >= 4 is 28.7 Å². The van der Waals surface area contributed by atoms with Crippen LogP contribution in [-0.4, -0.2) is 46.1 Å². The first-order valence-corrected chi connectivity index (χ1v) is 12.3. The lowest BCUT2D eigenvalue weighted by Gasteiger charge is -2.28. The summed E-state index contributed by atoms with van der Waals surface area (Å²) in [7, 11) is 3.08. The highest BCUT2D eigenvalue weighted by atomic mass is 19.1. The van der Waals surface area contributed by atoms with Crippen molar-refractivity contribution in [2.45, 2.75) is 32.2 Å². The zero-order chi connectivity index (χ0) is 27.8. The Morgan fingerprint density at radius 2 is 1.90 bits per heavy atom. The molecule has 1 saturated heterocycles. The molecule has 1 N–H and O–H groups in total. The van der Waals surface area contributed by atoms with Crippen LogP contribution in [0.3, 0.4) is 0 Å². The minimum Gasteiger partial charge on any atom is -0.494 e. The third-order valence-electron chi connectivity index (χ3n) is 7.74. The van der Waals surface area contributed by atoms with E-state index in [1.54, 1.807) is 36.9 Å². The van der Waals surface area contributed by atoms with Gasteiger partial charge in [0.2, 0.25) is 11.8 Å². The zero-order valence-corrected chi connectivity index (χ0v) is 21.6. The van der Waals surface area contributed by atoms with Crippen LogP contribution in [0.2, 0.25) is 0 Å². The molecule has 39 heavy (non-hydrogen) atoms. The van der Waals surface area contributed by atoms with Crippen molar-refractivity contribution in [3.8, 4) is 16.9 Å². The Morgan fingerprint density at radius 3 is 2.54 bits per heavy atom. The van der Waals surface area contributed by atoms with E-state index in [1.165, 1.54) is 24.1 Å². The van der Waals surface area contributed by atoms with Gasteiger partial charge >= 0.3 is 0 Å². The fourth-order valence-electron chi connectivity index (χ4n) is 5.71. The number of ether oxygens (including phenoxy) is 1. The fraction of sp³-hybridized carbons (Fsp3) is 0.286. The van der Waals surface area contributed by atoms with Gasteiger partial charge in [0.1, 0.15) is 22.6 Å². The van der Waals surface area contributed by atoms with E-state index in [4.69, 9.17) is 9.15 Å². The van der Waals surface area contributed by atoms with Gasteiger partial charge in [0.05, 0.1) is 24.8 Å². The van der Waals surface area contributed by atoms with Crippen molar-refractivity contribution in [1.82, 2.24) is 20.0 Å². The molecule has 9 nitrogen and oxygen atoms in total. The van der Waals surface area contributed by atoms with Gasteiger partial charge in [-0.25, -0.2) is 8.78 Å². The highest BCUT2D eigenvalue weighted by Crippen LogP contribution is 2.41. The second-order valence-corrected chi connectivity index (χ2v) is 10.1. The number of fused-ring (bicyclic) bond motifs is 2. The number of halogens is 2. The van der Waals surface area contributed by atoms with Gasteiger partial charge in [0, 0.05) is 48.4 Å². The average Bonchev–Trinajstić information content (AvgIpc) is 3.58. The van der Waals surface area contributed by atoms with Crippen LogP contribution in [0.1, 0.15) is 39.5 Å². The van der Waals surface area contributed by atoms with Crippen molar-refractivity contribution in [3.05, 3.63) is 70.2 Å². The van der Waals surface area contributed by atoms with Crippen LogP contribution in [0.15, 0.2) is 34.7 Å². The highest BCUT2D eigenvalue weighted by molar-refractivity contribution is 6.10. The Kier molecular flexibility index (Phi) is 5.39. The number of amides is 3. The van der Waals surface area contributed by atoms with Crippen molar-refractivity contribution in [2.24, 2.45) is 7.05 Å². The van der Waals surface area contributed by atoms with Crippen LogP contribution in [0.4, 0.5) is 8.78 Å². The first kappa shape index (κ1) is 24.8. The predicted octanol–water partition coefficient (Wildman–Crippen LogP) is 3.68. The Morgan fingerprint density at radius 1 is 1.13 bits per heavy atom. The summed E-state index contributed by atoms with van der Waals surface area (Å²) in [4.78, 5) is 40.2. The van der Waals surface area contributed by atoms with Gasteiger partial charge in [0.25, 0.3) is 5.91 Å². The smallest absolute Gasteiger partial charge is 0.257 e. The lowest BCUT2D eigenvalue weighted by atomic mass is 9.82. The monoisotopic (exact) mass is 534 g/mol. The molecule has 0 aliphatic carbocycles. The molecule has 6 rings (SSSR count). The molecule has 1 atom stereocenters. The summed E-state index contributed by atoms with van der Waals surface area (Å²) in [6.07, 6.45) is -0.284. The molecule has 200 valence electrons. The van der Waals surface area contributed by atoms with E-state index in [0.29, 0.717) is 27.8 Å². The maximum absolute atomic E-state index is 15.3. The first-order chi connectivity index (χ1) is 18.5. The molecule has 2 aromatic heterocycles. The fourth-order valence-corrected chi connectivity index (χ4v) is 5.71. The van der Waals surface area contributed by atoms with Crippen molar-refractivity contribution in [1.29, 1.82) is 0 Å². The number of methoxy groups -OCH3 is 1. The lowest BCUT2D eigenvalue weighted by Crippen LogP contribution is -2.46. The molecule has 11 heteroatoms. The van der Waals surface area contributed by atoms with Crippen molar-refractivity contribution in [3.63, 3.8) is 0 Å². The van der Waals surface area contributed by atoms with Crippen LogP contribution in [-0.2, 0) is 28.6 Å². The summed E-state index contributed by atoms with van der Waals surface area (Å²) in [6.45, 7) is 3.43. The molecule has 0 saturated carbocycles. The number of hydrogen-bond donors (Lipinski definition) is 1. The van der Waals surface area contributed by atoms with Crippen LogP contribution < -0.4 is 10.1 Å². The molecule has 0 unspecified atom stereocenters. The number of aryl methyl sites for hydroxylation is 2. The van der Waals surface area contributed by atoms with Gasteiger partial charge in [-0.1, -0.05) is 6.07 Å². The van der Waals surface area contributed by atoms with Crippen molar-refractivity contribution < 1.29 is 32.3 Å². The second kappa shape index (κ2) is 8.48. The summed E-state index contributed by atoms with van der Waals surface area (Å²) >= 11 is 0. The normalized spacial score (nSPS) is 18.8. The van der Waals surface area contributed by atoms with Gasteiger partial charge in [-0.05, 0) is 37.6 Å². The van der Waals surface area contributed by atoms with Gasteiger partial charge in [-0.15, -0.1) is 0 Å². The number of aromatic nitrogens is 2. The highest BCUT2D eigenvalue weighted by Gasteiger charge is 2.53. The Bertz CT molecular complexity index is 1740. The molecule has 4 heterocycles. The molecule has 3 amide bonds. The summed E-state index contributed by atoms with van der Waals surface area (Å²) in [5, 5.41) is 7.19. The number of furan rings is 1. The second-order valence-electron chi connectivity index (χ2n) is 10.1. The SMILES string of the molecule is COc1ccc2c(c1F)C(=O)N(C[C@@]1(c3cc4cc(-c5c(C)nn(C)c5C)c(F)cc4o3)CC(=O)NC1=O)C2. The maximum atomic E-state index is 15.3. The summed E-state index contributed by atoms with van der Waals surface area (Å²) in [5.41, 5.74) is 1.33. The maximum Gasteiger partial charge on any atom is 0.257 e. The number of carbonyl (C=O) groups is 3. The van der Waals surface area contributed by atoms with Crippen LogP contribution in [0.25, 0.3) is 22.1 Å².